The van der Waals surface area contributed by atoms with Crippen molar-refractivity contribution in [2.75, 3.05) is 18.4 Å². The Hall–Kier alpha value is -2.42. The number of halogens is 2. The molecule has 1 amide bonds. The van der Waals surface area contributed by atoms with E-state index in [2.05, 4.69) is 20.7 Å². The summed E-state index contributed by atoms with van der Waals surface area (Å²) in [5, 5.41) is 10.0. The zero-order valence-corrected chi connectivity index (χ0v) is 16.8. The molecular weight excluding hydrogens is 405 g/mol. The molecule has 0 spiro atoms. The lowest BCUT2D eigenvalue weighted by atomic mass is 9.94. The van der Waals surface area contributed by atoms with E-state index in [4.69, 9.17) is 4.42 Å². The molecule has 0 unspecified atom stereocenters. The number of hydrogen-bond acceptors (Lipinski definition) is 6. The van der Waals surface area contributed by atoms with Crippen LogP contribution in [0.5, 0.6) is 0 Å². The van der Waals surface area contributed by atoms with Gasteiger partial charge in [0, 0.05) is 5.92 Å². The minimum absolute atomic E-state index is 0. The third-order valence-electron chi connectivity index (χ3n) is 4.67. The molecular formula is C18H21Cl2N5O3. The molecule has 150 valence electrons. The SMILES string of the molecule is Cc1cc(C2CCNCC2)oc(=O)c1C(=O)Nc1ccc2ncnn2c1.Cl.Cl. The summed E-state index contributed by atoms with van der Waals surface area (Å²) >= 11 is 0. The Morgan fingerprint density at radius 3 is 2.75 bits per heavy atom. The summed E-state index contributed by atoms with van der Waals surface area (Å²) < 4.78 is 7.02. The monoisotopic (exact) mass is 425 g/mol. The first kappa shape index (κ1) is 21.9. The first-order valence-electron chi connectivity index (χ1n) is 8.58. The molecule has 10 heteroatoms. The zero-order valence-electron chi connectivity index (χ0n) is 15.2. The molecule has 1 fully saturated rings. The molecule has 28 heavy (non-hydrogen) atoms. The number of aryl methyl sites for hydroxylation is 1. The van der Waals surface area contributed by atoms with E-state index in [1.165, 1.54) is 6.33 Å². The number of nitrogens with one attached hydrogen (secondary N) is 2. The maximum absolute atomic E-state index is 12.6. The number of carbonyl (C=O) groups excluding carboxylic acids is 1. The fraction of sp³-hybridized carbons (Fsp3) is 0.333. The molecule has 1 aliphatic heterocycles. The number of nitrogens with zero attached hydrogens (tertiary/aromatic N) is 3. The number of piperidine rings is 1. The Labute approximate surface area is 173 Å². The smallest absolute Gasteiger partial charge is 0.349 e. The number of hydrogen-bond donors (Lipinski definition) is 2. The molecule has 4 heterocycles. The second-order valence-electron chi connectivity index (χ2n) is 6.45. The van der Waals surface area contributed by atoms with E-state index in [-0.39, 0.29) is 36.3 Å². The van der Waals surface area contributed by atoms with E-state index in [9.17, 15) is 9.59 Å². The molecule has 4 rings (SSSR count). The average molecular weight is 426 g/mol. The minimum atomic E-state index is -0.599. The number of carbonyl (C=O) groups is 1. The third kappa shape index (κ3) is 4.35. The van der Waals surface area contributed by atoms with Crippen molar-refractivity contribution in [3.05, 3.63) is 58.0 Å². The van der Waals surface area contributed by atoms with E-state index in [0.717, 1.165) is 25.9 Å². The number of aromatic nitrogens is 3. The van der Waals surface area contributed by atoms with Crippen molar-refractivity contribution in [3.63, 3.8) is 0 Å². The Kier molecular flexibility index (Phi) is 7.17. The maximum atomic E-state index is 12.6. The quantitative estimate of drug-likeness (QED) is 0.668. The van der Waals surface area contributed by atoms with E-state index in [1.807, 2.05) is 6.07 Å². The lowest BCUT2D eigenvalue weighted by Gasteiger charge is -2.21. The Morgan fingerprint density at radius 1 is 1.29 bits per heavy atom. The minimum Gasteiger partial charge on any atom is -0.427 e. The van der Waals surface area contributed by atoms with Crippen LogP contribution in [0.2, 0.25) is 0 Å². The van der Waals surface area contributed by atoms with E-state index >= 15 is 0 Å². The fourth-order valence-corrected chi connectivity index (χ4v) is 3.30. The van der Waals surface area contributed by atoms with Gasteiger partial charge in [-0.15, -0.1) is 24.8 Å². The Bertz CT molecular complexity index is 1030. The van der Waals surface area contributed by atoms with Gasteiger partial charge in [-0.1, -0.05) is 0 Å². The summed E-state index contributed by atoms with van der Waals surface area (Å²) in [7, 11) is 0. The van der Waals surface area contributed by atoms with Crippen LogP contribution in [0.4, 0.5) is 5.69 Å². The number of amides is 1. The van der Waals surface area contributed by atoms with Gasteiger partial charge >= 0.3 is 5.63 Å². The van der Waals surface area contributed by atoms with Gasteiger partial charge in [0.05, 0.1) is 11.9 Å². The van der Waals surface area contributed by atoms with E-state index < -0.39 is 11.5 Å². The normalized spacial score (nSPS) is 14.2. The summed E-state index contributed by atoms with van der Waals surface area (Å²) in [5.74, 6) is 0.386. The summed E-state index contributed by atoms with van der Waals surface area (Å²) in [6.45, 7) is 3.57. The number of pyridine rings is 1. The van der Waals surface area contributed by atoms with Crippen molar-refractivity contribution in [3.8, 4) is 0 Å². The third-order valence-corrected chi connectivity index (χ3v) is 4.67. The van der Waals surface area contributed by atoms with Crippen LogP contribution in [0.25, 0.3) is 5.65 Å². The lowest BCUT2D eigenvalue weighted by molar-refractivity contribution is 0.102. The van der Waals surface area contributed by atoms with Crippen molar-refractivity contribution in [1.82, 2.24) is 19.9 Å². The Balaban J connectivity index is 0.00000140. The molecule has 1 aliphatic rings. The molecule has 1 saturated heterocycles. The van der Waals surface area contributed by atoms with Gasteiger partial charge in [-0.3, -0.25) is 4.79 Å². The highest BCUT2D eigenvalue weighted by Gasteiger charge is 2.22. The molecule has 2 N–H and O–H groups in total. The van der Waals surface area contributed by atoms with Crippen LogP contribution in [0, 0.1) is 6.92 Å². The average Bonchev–Trinajstić information content (AvgIpc) is 3.09. The molecule has 0 aromatic carbocycles. The van der Waals surface area contributed by atoms with Crippen molar-refractivity contribution < 1.29 is 9.21 Å². The summed E-state index contributed by atoms with van der Waals surface area (Å²) in [5.41, 5.74) is 1.24. The van der Waals surface area contributed by atoms with Gasteiger partial charge in [-0.2, -0.15) is 5.10 Å². The van der Waals surface area contributed by atoms with Gasteiger partial charge in [0.1, 0.15) is 17.7 Å². The standard InChI is InChI=1S/C18H19N5O3.2ClH/c1-11-8-14(12-4-6-19-7-5-12)26-18(25)16(11)17(24)22-13-2-3-15-20-10-21-23(15)9-13;;/h2-3,8-10,12,19H,4-7H2,1H3,(H,22,24);2*1H. The zero-order chi connectivity index (χ0) is 18.1. The van der Waals surface area contributed by atoms with Gasteiger partial charge < -0.3 is 15.1 Å². The first-order chi connectivity index (χ1) is 12.6. The van der Waals surface area contributed by atoms with Gasteiger partial charge in [-0.05, 0) is 56.6 Å². The maximum Gasteiger partial charge on any atom is 0.349 e. The molecule has 0 saturated carbocycles. The summed E-state index contributed by atoms with van der Waals surface area (Å²) in [6, 6.07) is 5.26. The molecule has 8 nitrogen and oxygen atoms in total. The van der Waals surface area contributed by atoms with Crippen molar-refractivity contribution >= 4 is 42.1 Å². The highest BCUT2D eigenvalue weighted by atomic mass is 35.5. The van der Waals surface area contributed by atoms with Crippen molar-refractivity contribution in [1.29, 1.82) is 0 Å². The molecule has 3 aromatic heterocycles. The lowest BCUT2D eigenvalue weighted by Crippen LogP contribution is -2.28. The highest BCUT2D eigenvalue weighted by molar-refractivity contribution is 6.04. The first-order valence-corrected chi connectivity index (χ1v) is 8.58. The van der Waals surface area contributed by atoms with Crippen LogP contribution >= 0.6 is 24.8 Å². The highest BCUT2D eigenvalue weighted by Crippen LogP contribution is 2.25. The molecule has 0 aliphatic carbocycles. The molecule has 0 atom stereocenters. The van der Waals surface area contributed by atoms with Crippen LogP contribution in [0.1, 0.15) is 40.4 Å². The second kappa shape index (κ2) is 9.18. The number of fused-ring (bicyclic) bond motifs is 1. The van der Waals surface area contributed by atoms with Gasteiger partial charge in [0.2, 0.25) is 0 Å². The van der Waals surface area contributed by atoms with E-state index in [1.54, 1.807) is 29.8 Å². The van der Waals surface area contributed by atoms with E-state index in [0.29, 0.717) is 22.7 Å². The van der Waals surface area contributed by atoms with Crippen LogP contribution in [0.3, 0.4) is 0 Å². The van der Waals surface area contributed by atoms with Crippen LogP contribution in [0.15, 0.2) is 39.9 Å². The number of rotatable bonds is 3. The Morgan fingerprint density at radius 2 is 2.04 bits per heavy atom. The fourth-order valence-electron chi connectivity index (χ4n) is 3.30. The van der Waals surface area contributed by atoms with Gasteiger partial charge in [-0.25, -0.2) is 14.3 Å². The van der Waals surface area contributed by atoms with Crippen LogP contribution < -0.4 is 16.3 Å². The topological polar surface area (TPSA) is 102 Å². The number of anilines is 1. The predicted octanol–water partition coefficient (Wildman–Crippen LogP) is 2.55. The van der Waals surface area contributed by atoms with Crippen LogP contribution in [-0.2, 0) is 0 Å². The predicted molar refractivity (Wildman–Crippen MR) is 110 cm³/mol. The molecule has 3 aromatic rings. The summed E-state index contributed by atoms with van der Waals surface area (Å²) in [6.07, 6.45) is 4.91. The van der Waals surface area contributed by atoms with Gasteiger partial charge in [0.25, 0.3) is 5.91 Å². The van der Waals surface area contributed by atoms with Crippen LogP contribution in [-0.4, -0.2) is 33.6 Å². The largest absolute Gasteiger partial charge is 0.427 e. The summed E-state index contributed by atoms with van der Waals surface area (Å²) in [4.78, 5) is 29.1. The van der Waals surface area contributed by atoms with Crippen molar-refractivity contribution in [2.45, 2.75) is 25.7 Å². The van der Waals surface area contributed by atoms with Gasteiger partial charge in [0.15, 0.2) is 5.65 Å². The second-order valence-corrected chi connectivity index (χ2v) is 6.45. The van der Waals surface area contributed by atoms with Crippen molar-refractivity contribution in [2.24, 2.45) is 0 Å². The molecule has 0 radical (unpaired) electrons. The molecule has 0 bridgehead atoms.